The Morgan fingerprint density at radius 3 is 2.15 bits per heavy atom. The topological polar surface area (TPSA) is 96.0 Å². The quantitative estimate of drug-likeness (QED) is 0.521. The first-order chi connectivity index (χ1) is 17.7. The van der Waals surface area contributed by atoms with Gasteiger partial charge in [-0.2, -0.15) is 17.5 Å². The van der Waals surface area contributed by atoms with E-state index >= 15 is 0 Å². The molecule has 0 unspecified atom stereocenters. The number of hydrogen-bond acceptors (Lipinski definition) is 5. The smallest absolute Gasteiger partial charge is 0.416 e. The summed E-state index contributed by atoms with van der Waals surface area (Å²) in [5.74, 6) is -0.447. The molecule has 0 radical (unpaired) electrons. The largest absolute Gasteiger partial charge is 0.444 e. The highest BCUT2D eigenvalue weighted by molar-refractivity contribution is 7.89. The van der Waals surface area contributed by atoms with Gasteiger partial charge >= 0.3 is 12.3 Å². The molecule has 12 heteroatoms. The average Bonchev–Trinajstić information content (AvgIpc) is 3.37. The second-order valence-electron chi connectivity index (χ2n) is 12.8. The number of rotatable bonds is 6. The number of nitrogens with zero attached hydrogens (tertiary/aromatic N) is 2. The minimum atomic E-state index is -4.55. The van der Waals surface area contributed by atoms with Gasteiger partial charge in [0, 0.05) is 26.2 Å². The molecule has 1 aromatic rings. The number of benzene rings is 1. The van der Waals surface area contributed by atoms with E-state index in [4.69, 9.17) is 4.74 Å². The highest BCUT2D eigenvalue weighted by Crippen LogP contribution is 2.41. The number of alkyl halides is 3. The van der Waals surface area contributed by atoms with Gasteiger partial charge in [0.25, 0.3) is 0 Å². The summed E-state index contributed by atoms with van der Waals surface area (Å²) in [7, 11) is -2.46. The fourth-order valence-electron chi connectivity index (χ4n) is 5.29. The van der Waals surface area contributed by atoms with Crippen LogP contribution in [-0.4, -0.2) is 67.4 Å². The van der Waals surface area contributed by atoms with Gasteiger partial charge in [-0.3, -0.25) is 9.69 Å². The Labute approximate surface area is 229 Å². The molecule has 1 saturated carbocycles. The van der Waals surface area contributed by atoms with E-state index in [9.17, 15) is 31.2 Å². The summed E-state index contributed by atoms with van der Waals surface area (Å²) < 4.78 is 71.9. The number of nitrogens with one attached hydrogen (secondary N) is 1. The van der Waals surface area contributed by atoms with Crippen molar-refractivity contribution in [1.82, 2.24) is 14.5 Å². The number of carbonyl (C=O) groups excluding carboxylic acids is 2. The first-order valence-corrected chi connectivity index (χ1v) is 14.6. The zero-order valence-electron chi connectivity index (χ0n) is 23.6. The third-order valence-electron chi connectivity index (χ3n) is 7.23. The molecular weight excluding hydrogens is 535 g/mol. The van der Waals surface area contributed by atoms with Gasteiger partial charge in [0.2, 0.25) is 15.9 Å². The highest BCUT2D eigenvalue weighted by Gasteiger charge is 2.47. The van der Waals surface area contributed by atoms with Crippen molar-refractivity contribution in [2.24, 2.45) is 17.3 Å². The minimum absolute atomic E-state index is 0.0178. The molecule has 220 valence electrons. The molecule has 1 saturated heterocycles. The average molecular weight is 576 g/mol. The van der Waals surface area contributed by atoms with E-state index in [2.05, 4.69) is 5.32 Å². The van der Waals surface area contributed by atoms with Crippen LogP contribution in [0.15, 0.2) is 29.2 Å². The maximum absolute atomic E-state index is 13.5. The van der Waals surface area contributed by atoms with Crippen molar-refractivity contribution in [3.8, 4) is 0 Å². The number of amides is 2. The molecule has 1 heterocycles. The maximum Gasteiger partial charge on any atom is 0.416 e. The fraction of sp³-hybridized carbons (Fsp3) is 0.704. The molecule has 2 aliphatic rings. The van der Waals surface area contributed by atoms with E-state index < -0.39 is 39.5 Å². The summed E-state index contributed by atoms with van der Waals surface area (Å²) in [6.07, 6.45) is -3.38. The van der Waals surface area contributed by atoms with Gasteiger partial charge in [-0.25, -0.2) is 13.2 Å². The molecule has 1 N–H and O–H groups in total. The van der Waals surface area contributed by atoms with E-state index in [1.807, 2.05) is 20.8 Å². The van der Waals surface area contributed by atoms with E-state index in [0.29, 0.717) is 19.3 Å². The number of fused-ring (bicyclic) bond motifs is 1. The van der Waals surface area contributed by atoms with Crippen LogP contribution in [0.2, 0.25) is 0 Å². The van der Waals surface area contributed by atoms with Gasteiger partial charge in [-0.15, -0.1) is 0 Å². The van der Waals surface area contributed by atoms with E-state index in [0.717, 1.165) is 24.3 Å². The van der Waals surface area contributed by atoms with Crippen LogP contribution in [-0.2, 0) is 25.7 Å². The van der Waals surface area contributed by atoms with Gasteiger partial charge in [-0.1, -0.05) is 20.8 Å². The van der Waals surface area contributed by atoms with Crippen molar-refractivity contribution in [3.63, 3.8) is 0 Å². The number of carbonyl (C=O) groups is 2. The predicted molar refractivity (Wildman–Crippen MR) is 140 cm³/mol. The predicted octanol–water partition coefficient (Wildman–Crippen LogP) is 4.89. The number of hydrogen-bond donors (Lipinski definition) is 1. The second kappa shape index (κ2) is 10.9. The van der Waals surface area contributed by atoms with Crippen molar-refractivity contribution < 1.29 is 35.9 Å². The SMILES string of the molecule is CN(C(=O)OC(C)(C)C)[C@@H](CC(C)(C)C)C(=O)N[C@@H]1CC[C@H]2CN(S(=O)(=O)c3ccc(C(F)(F)F)cc3)C[C@H]21. The van der Waals surface area contributed by atoms with E-state index in [-0.39, 0.29) is 47.2 Å². The van der Waals surface area contributed by atoms with Crippen molar-refractivity contribution in [1.29, 1.82) is 0 Å². The van der Waals surface area contributed by atoms with Crippen LogP contribution in [0.4, 0.5) is 18.0 Å². The number of halogens is 3. The lowest BCUT2D eigenvalue weighted by Gasteiger charge is -2.34. The molecule has 39 heavy (non-hydrogen) atoms. The van der Waals surface area contributed by atoms with E-state index in [1.165, 1.54) is 16.3 Å². The van der Waals surface area contributed by atoms with Crippen LogP contribution in [0.1, 0.15) is 66.4 Å². The fourth-order valence-corrected chi connectivity index (χ4v) is 6.82. The van der Waals surface area contributed by atoms with Crippen LogP contribution in [0.25, 0.3) is 0 Å². The lowest BCUT2D eigenvalue weighted by Crippen LogP contribution is -2.53. The Hall–Kier alpha value is -2.34. The lowest BCUT2D eigenvalue weighted by atomic mass is 9.87. The summed E-state index contributed by atoms with van der Waals surface area (Å²) >= 11 is 0. The van der Waals surface area contributed by atoms with Gasteiger partial charge in [0.1, 0.15) is 11.6 Å². The summed E-state index contributed by atoms with van der Waals surface area (Å²) in [6, 6.07) is 2.42. The molecule has 0 spiro atoms. The Balaban J connectivity index is 1.72. The molecule has 3 rings (SSSR count). The highest BCUT2D eigenvalue weighted by atomic mass is 32.2. The molecule has 2 fully saturated rings. The second-order valence-corrected chi connectivity index (χ2v) is 14.8. The third kappa shape index (κ3) is 7.65. The first kappa shape index (κ1) is 31.2. The third-order valence-corrected chi connectivity index (χ3v) is 9.07. The standard InChI is InChI=1S/C27H40F3N3O5S/c1-25(2,3)14-22(32(7)24(35)38-26(4,5)6)23(34)31-21-13-8-17-15-33(16-20(17)21)39(36,37)19-11-9-18(10-12-19)27(28,29)30/h9-12,17,20-22H,8,13-16H2,1-7H3,(H,31,34)/t17-,20+,21+,22-/m0/s1. The van der Waals surface area contributed by atoms with Crippen molar-refractivity contribution in [2.75, 3.05) is 20.1 Å². The number of ether oxygens (including phenoxy) is 1. The van der Waals surface area contributed by atoms with E-state index in [1.54, 1.807) is 20.8 Å². The normalized spacial score (nSPS) is 23.3. The molecule has 2 amide bonds. The first-order valence-electron chi connectivity index (χ1n) is 13.1. The molecule has 1 aliphatic heterocycles. The Morgan fingerprint density at radius 1 is 1.05 bits per heavy atom. The van der Waals surface area contributed by atoms with Crippen molar-refractivity contribution in [3.05, 3.63) is 29.8 Å². The lowest BCUT2D eigenvalue weighted by molar-refractivity contribution is -0.137. The molecule has 0 aromatic heterocycles. The zero-order valence-corrected chi connectivity index (χ0v) is 24.4. The Bertz CT molecular complexity index is 1160. The Morgan fingerprint density at radius 2 is 1.64 bits per heavy atom. The summed E-state index contributed by atoms with van der Waals surface area (Å²) in [5.41, 5.74) is -1.90. The minimum Gasteiger partial charge on any atom is -0.444 e. The zero-order chi connectivity index (χ0) is 29.6. The monoisotopic (exact) mass is 575 g/mol. The van der Waals surface area contributed by atoms with Crippen molar-refractivity contribution >= 4 is 22.0 Å². The molecule has 0 bridgehead atoms. The van der Waals surface area contributed by atoms with Gasteiger partial charge in [-0.05, 0) is 81.5 Å². The Kier molecular flexibility index (Phi) is 8.73. The summed E-state index contributed by atoms with van der Waals surface area (Å²) in [4.78, 5) is 27.4. The van der Waals surface area contributed by atoms with Gasteiger partial charge in [0.15, 0.2) is 0 Å². The molecular formula is C27H40F3N3O5S. The van der Waals surface area contributed by atoms with Crippen LogP contribution in [0.3, 0.4) is 0 Å². The van der Waals surface area contributed by atoms with Crippen molar-refractivity contribution in [2.45, 2.75) is 89.6 Å². The molecule has 4 atom stereocenters. The molecule has 1 aliphatic carbocycles. The molecule has 1 aromatic carbocycles. The summed E-state index contributed by atoms with van der Waals surface area (Å²) in [6.45, 7) is 11.6. The maximum atomic E-state index is 13.5. The van der Waals surface area contributed by atoms with Crippen LogP contribution in [0.5, 0.6) is 0 Å². The van der Waals surface area contributed by atoms with Gasteiger partial charge < -0.3 is 10.1 Å². The van der Waals surface area contributed by atoms with Crippen LogP contribution >= 0.6 is 0 Å². The number of likely N-dealkylation sites (N-methyl/N-ethyl adjacent to an activating group) is 1. The van der Waals surface area contributed by atoms with Gasteiger partial charge in [0.05, 0.1) is 10.5 Å². The molecule has 8 nitrogen and oxygen atoms in total. The summed E-state index contributed by atoms with van der Waals surface area (Å²) in [5, 5.41) is 3.07. The van der Waals surface area contributed by atoms with Crippen LogP contribution in [0, 0.1) is 17.3 Å². The van der Waals surface area contributed by atoms with Crippen LogP contribution < -0.4 is 5.32 Å². The number of sulfonamides is 1.